The van der Waals surface area contributed by atoms with Gasteiger partial charge < -0.3 is 9.80 Å². The van der Waals surface area contributed by atoms with Crippen LogP contribution in [0.15, 0.2) is 0 Å². The summed E-state index contributed by atoms with van der Waals surface area (Å²) in [6.07, 6.45) is 14.5. The van der Waals surface area contributed by atoms with E-state index in [9.17, 15) is 0 Å². The normalized spacial score (nSPS) is 23.7. The van der Waals surface area contributed by atoms with Crippen molar-refractivity contribution in [3.05, 3.63) is 0 Å². The van der Waals surface area contributed by atoms with Gasteiger partial charge in [0.1, 0.15) is 0 Å². The molecule has 2 nitrogen and oxygen atoms in total. The summed E-state index contributed by atoms with van der Waals surface area (Å²) in [5, 5.41) is 0. The second-order valence-electron chi connectivity index (χ2n) is 7.67. The van der Waals surface area contributed by atoms with E-state index in [1.807, 2.05) is 0 Å². The lowest BCUT2D eigenvalue weighted by Crippen LogP contribution is -2.34. The van der Waals surface area contributed by atoms with Crippen molar-refractivity contribution < 1.29 is 0 Å². The average Bonchev–Trinajstić information content (AvgIpc) is 2.52. The van der Waals surface area contributed by atoms with Crippen molar-refractivity contribution >= 4 is 0 Å². The molecule has 0 aromatic heterocycles. The molecule has 0 aliphatic carbocycles. The molecule has 0 bridgehead atoms. The van der Waals surface area contributed by atoms with Gasteiger partial charge in [0.25, 0.3) is 0 Å². The molecule has 0 saturated carbocycles. The molecule has 124 valence electrons. The van der Waals surface area contributed by atoms with E-state index < -0.39 is 0 Å². The number of likely N-dealkylation sites (tertiary alicyclic amines) is 2. The molecule has 2 heteroatoms. The number of unbranched alkanes of at least 4 members (excludes halogenated alkanes) is 2. The van der Waals surface area contributed by atoms with Crippen molar-refractivity contribution in [1.82, 2.24) is 9.80 Å². The van der Waals surface area contributed by atoms with Crippen LogP contribution in [0.3, 0.4) is 0 Å². The molecule has 2 aliphatic rings. The first-order valence-electron chi connectivity index (χ1n) is 9.68. The summed E-state index contributed by atoms with van der Waals surface area (Å²) in [5.74, 6) is 2.07. The minimum absolute atomic E-state index is 1.03. The van der Waals surface area contributed by atoms with Crippen LogP contribution in [-0.2, 0) is 0 Å². The van der Waals surface area contributed by atoms with Crippen molar-refractivity contribution in [2.24, 2.45) is 11.8 Å². The van der Waals surface area contributed by atoms with Crippen LogP contribution in [0, 0.1) is 11.8 Å². The average molecular weight is 295 g/mol. The third-order valence-electron chi connectivity index (χ3n) is 5.85. The fourth-order valence-electron chi connectivity index (χ4n) is 4.11. The lowest BCUT2D eigenvalue weighted by Gasteiger charge is -2.32. The molecule has 2 fully saturated rings. The maximum Gasteiger partial charge on any atom is -0.00161 e. The maximum atomic E-state index is 2.73. The first-order valence-corrected chi connectivity index (χ1v) is 9.68. The highest BCUT2D eigenvalue weighted by Gasteiger charge is 2.19. The third kappa shape index (κ3) is 6.69. The summed E-state index contributed by atoms with van der Waals surface area (Å²) in [4.78, 5) is 5.22. The van der Waals surface area contributed by atoms with Gasteiger partial charge in [0.05, 0.1) is 0 Å². The third-order valence-corrected chi connectivity index (χ3v) is 5.85. The minimum Gasteiger partial charge on any atom is -0.306 e. The van der Waals surface area contributed by atoms with E-state index >= 15 is 0 Å². The lowest BCUT2D eigenvalue weighted by molar-refractivity contribution is 0.170. The Bertz CT molecular complexity index is 250. The number of piperidine rings is 2. The van der Waals surface area contributed by atoms with Gasteiger partial charge in [-0.25, -0.2) is 0 Å². The van der Waals surface area contributed by atoms with Crippen molar-refractivity contribution in [1.29, 1.82) is 0 Å². The molecule has 0 spiro atoms. The molecule has 0 N–H and O–H groups in total. The number of hydrogen-bond acceptors (Lipinski definition) is 2. The van der Waals surface area contributed by atoms with E-state index in [1.165, 1.54) is 96.9 Å². The number of hydrogen-bond donors (Lipinski definition) is 0. The van der Waals surface area contributed by atoms with Crippen molar-refractivity contribution in [2.75, 3.05) is 39.8 Å². The van der Waals surface area contributed by atoms with Gasteiger partial charge in [-0.3, -0.25) is 0 Å². The summed E-state index contributed by atoms with van der Waals surface area (Å²) in [6.45, 7) is 9.10. The van der Waals surface area contributed by atoms with E-state index in [2.05, 4.69) is 23.8 Å². The molecular formula is C19H38N2. The fourth-order valence-corrected chi connectivity index (χ4v) is 4.11. The molecule has 0 amide bonds. The Morgan fingerprint density at radius 3 is 1.95 bits per heavy atom. The standard InChI is InChI=1S/C19H38N2/c1-3-4-7-18-11-16-21(17-12-18)13-6-5-8-19-9-14-20(2)15-10-19/h18-19H,3-17H2,1-2H3. The topological polar surface area (TPSA) is 6.48 Å². The van der Waals surface area contributed by atoms with Gasteiger partial charge in [0.15, 0.2) is 0 Å². The molecule has 0 atom stereocenters. The van der Waals surface area contributed by atoms with Crippen LogP contribution in [0.2, 0.25) is 0 Å². The smallest absolute Gasteiger partial charge is 0.00161 e. The fraction of sp³-hybridized carbons (Fsp3) is 1.00. The van der Waals surface area contributed by atoms with Gasteiger partial charge in [0, 0.05) is 0 Å². The van der Waals surface area contributed by atoms with Gasteiger partial charge in [-0.15, -0.1) is 0 Å². The van der Waals surface area contributed by atoms with Crippen molar-refractivity contribution in [3.63, 3.8) is 0 Å². The quantitative estimate of drug-likeness (QED) is 0.612. The number of rotatable bonds is 8. The molecule has 2 rings (SSSR count). The predicted octanol–water partition coefficient (Wildman–Crippen LogP) is 4.40. The molecule has 0 aromatic rings. The highest BCUT2D eigenvalue weighted by molar-refractivity contribution is 4.73. The summed E-state index contributed by atoms with van der Waals surface area (Å²) >= 11 is 0. The molecule has 0 unspecified atom stereocenters. The zero-order chi connectivity index (χ0) is 14.9. The molecule has 2 saturated heterocycles. The van der Waals surface area contributed by atoms with Gasteiger partial charge in [0.2, 0.25) is 0 Å². The summed E-state index contributed by atoms with van der Waals surface area (Å²) in [5.41, 5.74) is 0. The maximum absolute atomic E-state index is 2.73. The highest BCUT2D eigenvalue weighted by atomic mass is 15.1. The Morgan fingerprint density at radius 1 is 0.762 bits per heavy atom. The van der Waals surface area contributed by atoms with Crippen LogP contribution in [0.1, 0.15) is 71.1 Å². The predicted molar refractivity (Wildman–Crippen MR) is 92.8 cm³/mol. The van der Waals surface area contributed by atoms with Gasteiger partial charge in [-0.1, -0.05) is 39.0 Å². The van der Waals surface area contributed by atoms with Gasteiger partial charge in [-0.05, 0) is 83.7 Å². The largest absolute Gasteiger partial charge is 0.306 e. The first-order chi connectivity index (χ1) is 10.3. The van der Waals surface area contributed by atoms with Crippen LogP contribution in [0.25, 0.3) is 0 Å². The zero-order valence-electron chi connectivity index (χ0n) is 14.7. The second kappa shape index (κ2) is 9.84. The molecular weight excluding hydrogens is 256 g/mol. The van der Waals surface area contributed by atoms with E-state index in [4.69, 9.17) is 0 Å². The molecule has 0 aromatic carbocycles. The Hall–Kier alpha value is -0.0800. The van der Waals surface area contributed by atoms with Crippen molar-refractivity contribution in [2.45, 2.75) is 71.1 Å². The number of nitrogens with zero attached hydrogens (tertiary/aromatic N) is 2. The lowest BCUT2D eigenvalue weighted by atomic mass is 9.90. The SMILES string of the molecule is CCCCC1CCN(CCCCC2CCN(C)CC2)CC1. The van der Waals surface area contributed by atoms with Crippen LogP contribution in [0.5, 0.6) is 0 Å². The monoisotopic (exact) mass is 294 g/mol. The first kappa shape index (κ1) is 17.3. The van der Waals surface area contributed by atoms with Crippen molar-refractivity contribution in [3.8, 4) is 0 Å². The van der Waals surface area contributed by atoms with E-state index in [1.54, 1.807) is 0 Å². The van der Waals surface area contributed by atoms with Crippen LogP contribution >= 0.6 is 0 Å². The van der Waals surface area contributed by atoms with Crippen LogP contribution in [0.4, 0.5) is 0 Å². The van der Waals surface area contributed by atoms with Gasteiger partial charge >= 0.3 is 0 Å². The molecule has 2 aliphatic heterocycles. The summed E-state index contributed by atoms with van der Waals surface area (Å²) in [6, 6.07) is 0. The Morgan fingerprint density at radius 2 is 1.33 bits per heavy atom. The highest BCUT2D eigenvalue weighted by Crippen LogP contribution is 2.24. The van der Waals surface area contributed by atoms with Gasteiger partial charge in [-0.2, -0.15) is 0 Å². The second-order valence-corrected chi connectivity index (χ2v) is 7.67. The Labute approximate surface area is 133 Å². The Balaban J connectivity index is 1.46. The molecule has 2 heterocycles. The summed E-state index contributed by atoms with van der Waals surface area (Å²) < 4.78 is 0. The summed E-state index contributed by atoms with van der Waals surface area (Å²) in [7, 11) is 2.26. The van der Waals surface area contributed by atoms with E-state index in [-0.39, 0.29) is 0 Å². The molecule has 21 heavy (non-hydrogen) atoms. The van der Waals surface area contributed by atoms with Crippen LogP contribution < -0.4 is 0 Å². The van der Waals surface area contributed by atoms with E-state index in [0.29, 0.717) is 0 Å². The molecule has 0 radical (unpaired) electrons. The van der Waals surface area contributed by atoms with Crippen LogP contribution in [-0.4, -0.2) is 49.6 Å². The minimum atomic E-state index is 1.03. The Kier molecular flexibility index (Phi) is 8.10. The zero-order valence-corrected chi connectivity index (χ0v) is 14.7. The van der Waals surface area contributed by atoms with E-state index in [0.717, 1.165) is 11.8 Å².